The second-order valence-corrected chi connectivity index (χ2v) is 18.3. The third-order valence-electron chi connectivity index (χ3n) is 13.9. The molecule has 13 heteroatoms. The minimum absolute atomic E-state index is 0.0962. The van der Waals surface area contributed by atoms with Gasteiger partial charge >= 0.3 is 17.9 Å². The molecule has 3 aliphatic heterocycles. The minimum atomic E-state index is -0.764. The van der Waals surface area contributed by atoms with Crippen LogP contribution in [0.3, 0.4) is 0 Å². The molecule has 6 unspecified atom stereocenters. The van der Waals surface area contributed by atoms with E-state index in [1.54, 1.807) is 0 Å². The average molecular weight is 864 g/mol. The van der Waals surface area contributed by atoms with Gasteiger partial charge in [-0.1, -0.05) is 54.6 Å². The van der Waals surface area contributed by atoms with Crippen LogP contribution < -0.4 is 16.0 Å². The topological polar surface area (TPSA) is 190 Å². The molecule has 0 bridgehead atoms. The lowest BCUT2D eigenvalue weighted by molar-refractivity contribution is -0.144. The van der Waals surface area contributed by atoms with Crippen LogP contribution in [0.5, 0.6) is 0 Å². The highest BCUT2D eigenvalue weighted by atomic mass is 16.4. The minimum Gasteiger partial charge on any atom is -0.481 e. The first-order valence-electron chi connectivity index (χ1n) is 22.8. The van der Waals surface area contributed by atoms with Crippen LogP contribution >= 0.6 is 0 Å². The SMILES string of the molecule is O=C(O)C(Cc1ccc2ccc(CN(Cc3ccc4ccc(CC(C(=O)O)C5CCNC5)cc4n3)Cc3ccc4ccc(CC(C(=O)O)C5CCNC5)cc4n3)nc2c1)C1CCNC1. The molecule has 0 aliphatic carbocycles. The zero-order chi connectivity index (χ0) is 44.2. The van der Waals surface area contributed by atoms with E-state index in [0.29, 0.717) is 38.9 Å². The van der Waals surface area contributed by atoms with Gasteiger partial charge in [-0.2, -0.15) is 0 Å². The smallest absolute Gasteiger partial charge is 0.307 e. The Kier molecular flexibility index (Phi) is 13.2. The van der Waals surface area contributed by atoms with Gasteiger partial charge in [-0.3, -0.25) is 34.2 Å². The molecule has 6 atom stereocenters. The molecule has 0 saturated carbocycles. The number of carbonyl (C=O) groups is 3. The standard InChI is InChI=1S/C51H57N7O6/c59-49(60)43(37-13-16-52-25-37)19-31-1-4-34-7-10-40(55-46(34)22-31)28-58(29-41-11-8-35-5-2-32(23-47(35)56-41)20-44(50(61)62)38-14-17-53-26-38)30-42-12-9-36-6-3-33(24-48(36)57-42)21-45(51(63)64)39-15-18-54-27-39/h1-12,22-24,37-39,43-45,52-54H,13-21,25-30H2,(H,59,60)(H,61,62)(H,63,64). The van der Waals surface area contributed by atoms with Crippen LogP contribution in [0.1, 0.15) is 53.0 Å². The maximum absolute atomic E-state index is 12.3. The Bertz CT molecular complexity index is 2370. The largest absolute Gasteiger partial charge is 0.481 e. The summed E-state index contributed by atoms with van der Waals surface area (Å²) in [4.78, 5) is 54.7. The number of aliphatic carboxylic acids is 3. The molecule has 3 saturated heterocycles. The number of hydrogen-bond donors (Lipinski definition) is 6. The number of aromatic nitrogens is 3. The van der Waals surface area contributed by atoms with E-state index in [2.05, 4.69) is 39.0 Å². The molecule has 6 heterocycles. The number of benzene rings is 3. The van der Waals surface area contributed by atoms with E-state index < -0.39 is 35.7 Å². The molecule has 3 aromatic carbocycles. The predicted octanol–water partition coefficient (Wildman–Crippen LogP) is 6.09. The van der Waals surface area contributed by atoms with E-state index in [9.17, 15) is 29.7 Å². The van der Waals surface area contributed by atoms with Crippen LogP contribution in [0, 0.1) is 35.5 Å². The fraction of sp³-hybridized carbons (Fsp3) is 0.412. The van der Waals surface area contributed by atoms with Crippen LogP contribution in [-0.2, 0) is 53.3 Å². The molecular weight excluding hydrogens is 807 g/mol. The lowest BCUT2D eigenvalue weighted by atomic mass is 9.86. The molecule has 6 N–H and O–H groups in total. The van der Waals surface area contributed by atoms with E-state index in [1.807, 2.05) is 72.8 Å². The first-order chi connectivity index (χ1) is 31.1. The summed E-state index contributed by atoms with van der Waals surface area (Å²) in [5.74, 6) is -3.39. The fourth-order valence-corrected chi connectivity index (χ4v) is 10.3. The summed E-state index contributed by atoms with van der Waals surface area (Å²) in [6.45, 7) is 6.14. The first kappa shape index (κ1) is 43.4. The highest BCUT2D eigenvalue weighted by Gasteiger charge is 2.33. The van der Waals surface area contributed by atoms with Crippen molar-refractivity contribution >= 4 is 50.6 Å². The normalized spacial score (nSPS) is 20.3. The molecule has 3 aliphatic rings. The second kappa shape index (κ2) is 19.5. The molecule has 3 aromatic heterocycles. The quantitative estimate of drug-likeness (QED) is 0.0583. The number of nitrogens with one attached hydrogen (secondary N) is 3. The molecule has 64 heavy (non-hydrogen) atoms. The fourth-order valence-electron chi connectivity index (χ4n) is 10.3. The van der Waals surface area contributed by atoms with E-state index in [1.165, 1.54) is 0 Å². The molecule has 9 rings (SSSR count). The molecule has 6 aromatic rings. The summed E-state index contributed by atoms with van der Waals surface area (Å²) in [6.07, 6.45) is 3.92. The summed E-state index contributed by atoms with van der Waals surface area (Å²) >= 11 is 0. The lowest BCUT2D eigenvalue weighted by Crippen LogP contribution is -2.27. The number of rotatable bonds is 18. The van der Waals surface area contributed by atoms with Gasteiger partial charge in [0.05, 0.1) is 51.4 Å². The van der Waals surface area contributed by atoms with Gasteiger partial charge in [-0.25, -0.2) is 0 Å². The van der Waals surface area contributed by atoms with Crippen molar-refractivity contribution < 1.29 is 29.7 Å². The third kappa shape index (κ3) is 10.2. The van der Waals surface area contributed by atoms with Crippen molar-refractivity contribution in [2.24, 2.45) is 35.5 Å². The summed E-state index contributed by atoms with van der Waals surface area (Å²) in [5.41, 5.74) is 7.88. The number of fused-ring (bicyclic) bond motifs is 3. The van der Waals surface area contributed by atoms with Crippen molar-refractivity contribution in [1.82, 2.24) is 35.8 Å². The average Bonchev–Trinajstić information content (AvgIpc) is 4.12. The molecule has 332 valence electrons. The van der Waals surface area contributed by atoms with Crippen LogP contribution in [0.15, 0.2) is 91.0 Å². The zero-order valence-corrected chi connectivity index (χ0v) is 36.1. The molecule has 0 radical (unpaired) electrons. The molecule has 13 nitrogen and oxygen atoms in total. The van der Waals surface area contributed by atoms with Gasteiger partial charge in [0.1, 0.15) is 0 Å². The Labute approximate surface area is 372 Å². The van der Waals surface area contributed by atoms with Gasteiger partial charge in [0.15, 0.2) is 0 Å². The molecule has 3 fully saturated rings. The van der Waals surface area contributed by atoms with Crippen molar-refractivity contribution in [2.45, 2.75) is 58.2 Å². The Morgan fingerprint density at radius 2 is 0.781 bits per heavy atom. The molecule has 0 spiro atoms. The molecular formula is C51H57N7O6. The third-order valence-corrected chi connectivity index (χ3v) is 13.9. The van der Waals surface area contributed by atoms with Crippen LogP contribution in [0.25, 0.3) is 32.7 Å². The summed E-state index contributed by atoms with van der Waals surface area (Å²) in [6, 6.07) is 30.5. The number of nitrogens with zero attached hydrogens (tertiary/aromatic N) is 4. The Morgan fingerprint density at radius 3 is 1.05 bits per heavy atom. The summed E-state index contributed by atoms with van der Waals surface area (Å²) < 4.78 is 0. The van der Waals surface area contributed by atoms with Crippen LogP contribution in [-0.4, -0.2) is 92.3 Å². The maximum atomic E-state index is 12.3. The van der Waals surface area contributed by atoms with Crippen molar-refractivity contribution in [3.8, 4) is 0 Å². The number of carboxylic acid groups (broad SMARTS) is 3. The maximum Gasteiger partial charge on any atom is 0.307 e. The summed E-state index contributed by atoms with van der Waals surface area (Å²) in [7, 11) is 0. The van der Waals surface area contributed by atoms with E-state index >= 15 is 0 Å². The Balaban J connectivity index is 0.999. The monoisotopic (exact) mass is 863 g/mol. The van der Waals surface area contributed by atoms with Gasteiger partial charge in [0.25, 0.3) is 0 Å². The number of hydrogen-bond acceptors (Lipinski definition) is 10. The second-order valence-electron chi connectivity index (χ2n) is 18.3. The Hall–Kier alpha value is -5.86. The van der Waals surface area contributed by atoms with E-state index in [4.69, 9.17) is 15.0 Å². The van der Waals surface area contributed by atoms with Crippen molar-refractivity contribution in [3.05, 3.63) is 125 Å². The zero-order valence-electron chi connectivity index (χ0n) is 36.1. The van der Waals surface area contributed by atoms with Gasteiger partial charge in [-0.05, 0) is 149 Å². The van der Waals surface area contributed by atoms with Crippen LogP contribution in [0.4, 0.5) is 0 Å². The summed E-state index contributed by atoms with van der Waals surface area (Å²) in [5, 5.41) is 43.3. The predicted molar refractivity (Wildman–Crippen MR) is 246 cm³/mol. The van der Waals surface area contributed by atoms with Gasteiger partial charge in [0, 0.05) is 35.8 Å². The van der Waals surface area contributed by atoms with Crippen LogP contribution in [0.2, 0.25) is 0 Å². The van der Waals surface area contributed by atoms with E-state index in [0.717, 1.165) is 125 Å². The highest BCUT2D eigenvalue weighted by Crippen LogP contribution is 2.29. The number of pyridine rings is 3. The number of carboxylic acids is 3. The van der Waals surface area contributed by atoms with Crippen molar-refractivity contribution in [3.63, 3.8) is 0 Å². The van der Waals surface area contributed by atoms with E-state index in [-0.39, 0.29) is 17.8 Å². The van der Waals surface area contributed by atoms with Gasteiger partial charge < -0.3 is 31.3 Å². The van der Waals surface area contributed by atoms with Crippen molar-refractivity contribution in [2.75, 3.05) is 39.3 Å². The molecule has 0 amide bonds. The Morgan fingerprint density at radius 1 is 0.484 bits per heavy atom. The highest BCUT2D eigenvalue weighted by molar-refractivity contribution is 5.82. The first-order valence-corrected chi connectivity index (χ1v) is 22.8. The van der Waals surface area contributed by atoms with Crippen molar-refractivity contribution in [1.29, 1.82) is 0 Å². The lowest BCUT2D eigenvalue weighted by Gasteiger charge is -2.22. The van der Waals surface area contributed by atoms with Gasteiger partial charge in [0.2, 0.25) is 0 Å². The van der Waals surface area contributed by atoms with Gasteiger partial charge in [-0.15, -0.1) is 0 Å².